The summed E-state index contributed by atoms with van der Waals surface area (Å²) in [6, 6.07) is 0. The fourth-order valence-electron chi connectivity index (χ4n) is 4.44. The van der Waals surface area contributed by atoms with E-state index in [1.54, 1.807) is 0 Å². The molecule has 0 aromatic rings. The monoisotopic (exact) mass is 578 g/mol. The molecule has 0 bridgehead atoms. The zero-order valence-corrected chi connectivity index (χ0v) is 23.4. The maximum atomic E-state index is 12.6. The van der Waals surface area contributed by atoms with Crippen molar-refractivity contribution in [2.45, 2.75) is 97.5 Å². The van der Waals surface area contributed by atoms with Gasteiger partial charge in [-0.05, 0) is 57.8 Å². The molecule has 1 aliphatic carbocycles. The minimum absolute atomic E-state index is 0.0546. The molecule has 0 spiro atoms. The Bertz CT molecular complexity index is 549. The number of carbonyl (C=O) groups is 2. The van der Waals surface area contributed by atoms with Gasteiger partial charge in [0.1, 0.15) is 5.78 Å². The van der Waals surface area contributed by atoms with Crippen molar-refractivity contribution in [3.63, 3.8) is 0 Å². The van der Waals surface area contributed by atoms with Crippen LogP contribution in [0, 0.1) is 17.8 Å². The minimum Gasteiger partial charge on any atom is -0.463 e. The van der Waals surface area contributed by atoms with E-state index in [9.17, 15) is 9.59 Å². The van der Waals surface area contributed by atoms with Gasteiger partial charge in [0.2, 0.25) is 0 Å². The van der Waals surface area contributed by atoms with Gasteiger partial charge in [0.05, 0.1) is 19.3 Å². The lowest BCUT2D eigenvalue weighted by atomic mass is 9.85. The third-order valence-electron chi connectivity index (χ3n) is 6.23. The molecule has 5 nitrogen and oxygen atoms in total. The standard InChI is InChI=1S/C27H47IO5/c1-4-5-6-9-12-16-31-18-19-32-17-15-24-23(21-28)20-26(29)25(24)13-10-7-8-11-14-27(30)33-22(2)3/h7,10,22-25H,4-6,8-9,11-21H2,1-3H3/t23?,24-,25?/m0/s1. The second kappa shape index (κ2) is 19.8. The number of halogens is 1. The molecule has 192 valence electrons. The predicted octanol–water partition coefficient (Wildman–Crippen LogP) is 6.70. The SMILES string of the molecule is CCCCCCCOCCOCC[C@H]1C(CI)CC(=O)C1CC=CCCCC(=O)OC(C)C. The summed E-state index contributed by atoms with van der Waals surface area (Å²) in [7, 11) is 0. The van der Waals surface area contributed by atoms with Crippen LogP contribution in [0.15, 0.2) is 12.2 Å². The molecule has 0 heterocycles. The molecule has 0 amide bonds. The van der Waals surface area contributed by atoms with Crippen LogP contribution in [0.2, 0.25) is 0 Å². The Labute approximate surface area is 215 Å². The summed E-state index contributed by atoms with van der Waals surface area (Å²) in [6.07, 6.45) is 15.0. The molecular formula is C27H47IO5. The van der Waals surface area contributed by atoms with E-state index in [0.29, 0.717) is 50.3 Å². The Kier molecular flexibility index (Phi) is 18.3. The Morgan fingerprint density at radius 3 is 2.45 bits per heavy atom. The lowest BCUT2D eigenvalue weighted by molar-refractivity contribution is -0.147. The maximum Gasteiger partial charge on any atom is 0.306 e. The largest absolute Gasteiger partial charge is 0.463 e. The van der Waals surface area contributed by atoms with Crippen molar-refractivity contribution in [2.24, 2.45) is 17.8 Å². The van der Waals surface area contributed by atoms with Crippen molar-refractivity contribution in [3.05, 3.63) is 12.2 Å². The summed E-state index contributed by atoms with van der Waals surface area (Å²) < 4.78 is 17.7. The molecule has 1 aliphatic rings. The number of ether oxygens (including phenoxy) is 3. The van der Waals surface area contributed by atoms with Crippen molar-refractivity contribution in [1.29, 1.82) is 0 Å². The van der Waals surface area contributed by atoms with E-state index in [0.717, 1.165) is 43.1 Å². The van der Waals surface area contributed by atoms with Gasteiger partial charge < -0.3 is 14.2 Å². The first-order valence-electron chi connectivity index (χ1n) is 13.1. The molecule has 1 fully saturated rings. The van der Waals surface area contributed by atoms with Gasteiger partial charge in [-0.3, -0.25) is 9.59 Å². The number of allylic oxidation sites excluding steroid dienone is 2. The Morgan fingerprint density at radius 1 is 1.03 bits per heavy atom. The van der Waals surface area contributed by atoms with Gasteiger partial charge in [0.15, 0.2) is 0 Å². The van der Waals surface area contributed by atoms with Gasteiger partial charge in [0.25, 0.3) is 0 Å². The summed E-state index contributed by atoms with van der Waals surface area (Å²) in [5.41, 5.74) is 0. The van der Waals surface area contributed by atoms with Crippen LogP contribution < -0.4 is 0 Å². The van der Waals surface area contributed by atoms with Gasteiger partial charge in [-0.15, -0.1) is 0 Å². The first kappa shape index (κ1) is 30.6. The first-order chi connectivity index (χ1) is 16.0. The zero-order valence-electron chi connectivity index (χ0n) is 21.2. The van der Waals surface area contributed by atoms with Crippen LogP contribution in [0.3, 0.4) is 0 Å². The summed E-state index contributed by atoms with van der Waals surface area (Å²) in [6.45, 7) is 8.78. The first-order valence-corrected chi connectivity index (χ1v) is 14.6. The number of Topliss-reactive ketones (excluding diaryl/α,β-unsaturated/α-hetero) is 1. The van der Waals surface area contributed by atoms with Gasteiger partial charge in [-0.1, -0.05) is 67.3 Å². The molecule has 0 radical (unpaired) electrons. The van der Waals surface area contributed by atoms with Crippen LogP contribution in [0.4, 0.5) is 0 Å². The van der Waals surface area contributed by atoms with Crippen LogP contribution in [0.5, 0.6) is 0 Å². The molecule has 0 aromatic heterocycles. The van der Waals surface area contributed by atoms with Crippen LogP contribution >= 0.6 is 22.6 Å². The summed E-state index contributed by atoms with van der Waals surface area (Å²) in [5.74, 6) is 1.24. The fraction of sp³-hybridized carbons (Fsp3) is 0.852. The predicted molar refractivity (Wildman–Crippen MR) is 143 cm³/mol. The number of ketones is 1. The van der Waals surface area contributed by atoms with Crippen molar-refractivity contribution < 1.29 is 23.8 Å². The molecule has 3 atom stereocenters. The Balaban J connectivity index is 2.22. The van der Waals surface area contributed by atoms with E-state index in [-0.39, 0.29) is 18.0 Å². The highest BCUT2D eigenvalue weighted by atomic mass is 127. The van der Waals surface area contributed by atoms with Gasteiger partial charge >= 0.3 is 5.97 Å². The molecule has 33 heavy (non-hydrogen) atoms. The lowest BCUT2D eigenvalue weighted by Crippen LogP contribution is -2.20. The quantitative estimate of drug-likeness (QED) is 0.0529. The second-order valence-electron chi connectivity index (χ2n) is 9.42. The van der Waals surface area contributed by atoms with Crippen molar-refractivity contribution in [2.75, 3.05) is 30.9 Å². The number of hydrogen-bond acceptors (Lipinski definition) is 5. The van der Waals surface area contributed by atoms with Crippen molar-refractivity contribution >= 4 is 34.3 Å². The number of unbranched alkanes of at least 4 members (excludes halogenated alkanes) is 5. The van der Waals surface area contributed by atoms with E-state index < -0.39 is 0 Å². The molecule has 0 saturated heterocycles. The van der Waals surface area contributed by atoms with E-state index in [1.165, 1.54) is 25.7 Å². The van der Waals surface area contributed by atoms with E-state index in [4.69, 9.17) is 14.2 Å². The van der Waals surface area contributed by atoms with Gasteiger partial charge in [-0.25, -0.2) is 0 Å². The molecule has 2 unspecified atom stereocenters. The highest BCUT2D eigenvalue weighted by Gasteiger charge is 2.40. The van der Waals surface area contributed by atoms with E-state index in [1.807, 2.05) is 13.8 Å². The van der Waals surface area contributed by atoms with Crippen molar-refractivity contribution in [1.82, 2.24) is 0 Å². The molecule has 0 N–H and O–H groups in total. The third-order valence-corrected chi connectivity index (χ3v) is 7.36. The average molecular weight is 579 g/mol. The third kappa shape index (κ3) is 14.5. The number of carbonyl (C=O) groups excluding carboxylic acids is 2. The van der Waals surface area contributed by atoms with E-state index >= 15 is 0 Å². The normalized spacial score (nSPS) is 20.9. The second-order valence-corrected chi connectivity index (χ2v) is 10.3. The lowest BCUT2D eigenvalue weighted by Gasteiger charge is -2.22. The maximum absolute atomic E-state index is 12.6. The highest BCUT2D eigenvalue weighted by molar-refractivity contribution is 14.1. The van der Waals surface area contributed by atoms with Crippen LogP contribution in [-0.4, -0.2) is 48.7 Å². The summed E-state index contributed by atoms with van der Waals surface area (Å²) in [5, 5.41) is 0. The number of rotatable bonds is 20. The smallest absolute Gasteiger partial charge is 0.306 e. The molecular weight excluding hydrogens is 531 g/mol. The van der Waals surface area contributed by atoms with Crippen LogP contribution in [0.25, 0.3) is 0 Å². The van der Waals surface area contributed by atoms with Crippen LogP contribution in [-0.2, 0) is 23.8 Å². The average Bonchev–Trinajstić information content (AvgIpc) is 3.08. The fourth-order valence-corrected chi connectivity index (χ4v) is 5.40. The minimum atomic E-state index is -0.133. The highest BCUT2D eigenvalue weighted by Crippen LogP contribution is 2.40. The summed E-state index contributed by atoms with van der Waals surface area (Å²) >= 11 is 2.42. The van der Waals surface area contributed by atoms with Crippen LogP contribution in [0.1, 0.15) is 91.4 Å². The summed E-state index contributed by atoms with van der Waals surface area (Å²) in [4.78, 5) is 24.2. The van der Waals surface area contributed by atoms with Crippen molar-refractivity contribution in [3.8, 4) is 0 Å². The molecule has 6 heteroatoms. The molecule has 1 rings (SSSR count). The number of alkyl halides is 1. The van der Waals surface area contributed by atoms with Gasteiger partial charge in [0, 0.05) is 36.4 Å². The molecule has 0 aliphatic heterocycles. The number of esters is 1. The molecule has 0 aromatic carbocycles. The van der Waals surface area contributed by atoms with E-state index in [2.05, 4.69) is 41.7 Å². The number of hydrogen-bond donors (Lipinski definition) is 0. The molecule has 1 saturated carbocycles. The zero-order chi connectivity index (χ0) is 24.3. The Morgan fingerprint density at radius 2 is 1.76 bits per heavy atom. The van der Waals surface area contributed by atoms with Gasteiger partial charge in [-0.2, -0.15) is 0 Å². The Hall–Kier alpha value is -0.470. The topological polar surface area (TPSA) is 61.8 Å².